The van der Waals surface area contributed by atoms with Crippen molar-refractivity contribution in [3.63, 3.8) is 0 Å². The van der Waals surface area contributed by atoms with Gasteiger partial charge in [0.25, 0.3) is 0 Å². The average Bonchev–Trinajstić information content (AvgIpc) is 2.27. The van der Waals surface area contributed by atoms with Crippen molar-refractivity contribution in [1.29, 1.82) is 0 Å². The normalized spacial score (nSPS) is 9.81. The Morgan fingerprint density at radius 1 is 1.31 bits per heavy atom. The highest BCUT2D eigenvalue weighted by Crippen LogP contribution is 2.19. The molecule has 0 aromatic heterocycles. The fraction of sp³-hybridized carbons (Fsp3) is 0.300. The van der Waals surface area contributed by atoms with E-state index in [1.165, 1.54) is 20.3 Å². The number of benzene rings is 1. The van der Waals surface area contributed by atoms with E-state index in [2.05, 4.69) is 4.74 Å². The van der Waals surface area contributed by atoms with E-state index in [-0.39, 0.29) is 11.0 Å². The maximum Gasteiger partial charge on any atom is 0.488 e. The molecule has 0 bridgehead atoms. The molecule has 0 spiro atoms. The Kier molecular flexibility index (Phi) is 3.92. The van der Waals surface area contributed by atoms with Gasteiger partial charge in [-0.3, -0.25) is 0 Å². The first kappa shape index (κ1) is 12.5. The third-order valence-electron chi connectivity index (χ3n) is 2.27. The predicted octanol–water partition coefficient (Wildman–Crippen LogP) is -0.530. The van der Waals surface area contributed by atoms with Gasteiger partial charge >= 0.3 is 13.1 Å². The summed E-state index contributed by atoms with van der Waals surface area (Å²) >= 11 is 0. The van der Waals surface area contributed by atoms with Crippen LogP contribution in [0, 0.1) is 6.92 Å². The van der Waals surface area contributed by atoms with Crippen molar-refractivity contribution in [2.24, 2.45) is 0 Å². The molecule has 0 heterocycles. The summed E-state index contributed by atoms with van der Waals surface area (Å²) < 4.78 is 9.59. The van der Waals surface area contributed by atoms with Gasteiger partial charge in [-0.25, -0.2) is 4.79 Å². The van der Waals surface area contributed by atoms with Crippen LogP contribution in [0.3, 0.4) is 0 Å². The molecule has 0 amide bonds. The Hall–Kier alpha value is -1.53. The Morgan fingerprint density at radius 3 is 2.38 bits per heavy atom. The summed E-state index contributed by atoms with van der Waals surface area (Å²) in [6.45, 7) is 1.69. The molecule has 1 aromatic carbocycles. The number of carbonyl (C=O) groups excluding carboxylic acids is 1. The van der Waals surface area contributed by atoms with Crippen molar-refractivity contribution >= 4 is 18.6 Å². The van der Waals surface area contributed by atoms with Crippen molar-refractivity contribution < 1.29 is 24.3 Å². The second-order valence-corrected chi connectivity index (χ2v) is 3.27. The zero-order valence-electron chi connectivity index (χ0n) is 9.35. The number of ether oxygens (including phenoxy) is 2. The lowest BCUT2D eigenvalue weighted by molar-refractivity contribution is 0.0597. The maximum absolute atomic E-state index is 11.4. The predicted molar refractivity (Wildman–Crippen MR) is 58.9 cm³/mol. The lowest BCUT2D eigenvalue weighted by atomic mass is 9.76. The molecule has 1 rings (SSSR count). The molecular weight excluding hydrogens is 211 g/mol. The number of aryl methyl sites for hydroxylation is 1. The van der Waals surface area contributed by atoms with Crippen LogP contribution in [-0.4, -0.2) is 37.4 Å². The largest absolute Gasteiger partial charge is 0.496 e. The molecule has 0 saturated carbocycles. The Balaban J connectivity index is 3.34. The smallest absolute Gasteiger partial charge is 0.488 e. The van der Waals surface area contributed by atoms with Gasteiger partial charge in [0.15, 0.2) is 0 Å². The zero-order chi connectivity index (χ0) is 12.3. The Morgan fingerprint density at radius 2 is 1.94 bits per heavy atom. The monoisotopic (exact) mass is 224 g/mol. The highest BCUT2D eigenvalue weighted by atomic mass is 16.5. The quantitative estimate of drug-likeness (QED) is 0.533. The van der Waals surface area contributed by atoms with E-state index in [9.17, 15) is 4.79 Å². The van der Waals surface area contributed by atoms with Crippen molar-refractivity contribution in [2.45, 2.75) is 6.92 Å². The first-order valence-electron chi connectivity index (χ1n) is 4.64. The third kappa shape index (κ3) is 2.34. The lowest BCUT2D eigenvalue weighted by Gasteiger charge is -2.11. The van der Waals surface area contributed by atoms with Crippen molar-refractivity contribution in [3.8, 4) is 5.75 Å². The molecule has 0 aliphatic rings. The van der Waals surface area contributed by atoms with Crippen LogP contribution in [0.5, 0.6) is 5.75 Å². The Bertz CT molecular complexity index is 402. The molecule has 0 atom stereocenters. The Labute approximate surface area is 93.8 Å². The van der Waals surface area contributed by atoms with E-state index in [0.29, 0.717) is 11.3 Å². The van der Waals surface area contributed by atoms with Crippen LogP contribution in [0.15, 0.2) is 12.1 Å². The molecule has 6 heteroatoms. The van der Waals surface area contributed by atoms with Crippen LogP contribution in [0.4, 0.5) is 0 Å². The SMILES string of the molecule is COC(=O)c1cc(B(O)O)c(C)cc1OC. The maximum atomic E-state index is 11.4. The van der Waals surface area contributed by atoms with Crippen molar-refractivity contribution in [3.05, 3.63) is 23.3 Å². The average molecular weight is 224 g/mol. The topological polar surface area (TPSA) is 76.0 Å². The lowest BCUT2D eigenvalue weighted by Crippen LogP contribution is -2.33. The highest BCUT2D eigenvalue weighted by molar-refractivity contribution is 6.59. The van der Waals surface area contributed by atoms with Crippen molar-refractivity contribution in [1.82, 2.24) is 0 Å². The van der Waals surface area contributed by atoms with Gasteiger partial charge in [0.1, 0.15) is 11.3 Å². The molecule has 86 valence electrons. The molecule has 0 radical (unpaired) electrons. The number of methoxy groups -OCH3 is 2. The van der Waals surface area contributed by atoms with Gasteiger partial charge in [0.2, 0.25) is 0 Å². The minimum Gasteiger partial charge on any atom is -0.496 e. The summed E-state index contributed by atoms with van der Waals surface area (Å²) in [5.74, 6) is -0.243. The fourth-order valence-corrected chi connectivity index (χ4v) is 1.41. The van der Waals surface area contributed by atoms with Gasteiger partial charge < -0.3 is 19.5 Å². The molecule has 0 fully saturated rings. The van der Waals surface area contributed by atoms with Crippen LogP contribution in [0.25, 0.3) is 0 Å². The van der Waals surface area contributed by atoms with Gasteiger partial charge in [-0.2, -0.15) is 0 Å². The number of hydrogen-bond acceptors (Lipinski definition) is 5. The number of rotatable bonds is 3. The fourth-order valence-electron chi connectivity index (χ4n) is 1.41. The van der Waals surface area contributed by atoms with Crippen LogP contribution in [-0.2, 0) is 4.74 Å². The van der Waals surface area contributed by atoms with E-state index in [0.717, 1.165) is 0 Å². The van der Waals surface area contributed by atoms with E-state index in [1.54, 1.807) is 13.0 Å². The van der Waals surface area contributed by atoms with Crippen LogP contribution < -0.4 is 10.2 Å². The van der Waals surface area contributed by atoms with E-state index in [4.69, 9.17) is 14.8 Å². The minimum atomic E-state index is -1.63. The van der Waals surface area contributed by atoms with Gasteiger partial charge in [-0.1, -0.05) is 0 Å². The number of carbonyl (C=O) groups is 1. The standard InChI is InChI=1S/C10H13BO5/c1-6-4-9(15-2)7(10(12)16-3)5-8(6)11(13)14/h4-5,13-14H,1-3H3. The van der Waals surface area contributed by atoms with Crippen LogP contribution in [0.1, 0.15) is 15.9 Å². The summed E-state index contributed by atoms with van der Waals surface area (Å²) in [6, 6.07) is 2.91. The first-order valence-corrected chi connectivity index (χ1v) is 4.64. The van der Waals surface area contributed by atoms with E-state index >= 15 is 0 Å². The molecule has 0 aliphatic heterocycles. The summed E-state index contributed by atoms with van der Waals surface area (Å²) in [7, 11) is 1.04. The highest BCUT2D eigenvalue weighted by Gasteiger charge is 2.21. The second-order valence-electron chi connectivity index (χ2n) is 3.27. The number of esters is 1. The minimum absolute atomic E-state index is 0.165. The summed E-state index contributed by atoms with van der Waals surface area (Å²) in [6.07, 6.45) is 0. The van der Waals surface area contributed by atoms with E-state index < -0.39 is 13.1 Å². The molecular formula is C10H13BO5. The van der Waals surface area contributed by atoms with Gasteiger partial charge in [-0.05, 0) is 30.1 Å². The first-order chi connectivity index (χ1) is 7.51. The van der Waals surface area contributed by atoms with Crippen molar-refractivity contribution in [2.75, 3.05) is 14.2 Å². The summed E-state index contributed by atoms with van der Waals surface area (Å²) in [5.41, 5.74) is 1.04. The number of hydrogen-bond donors (Lipinski definition) is 2. The summed E-state index contributed by atoms with van der Waals surface area (Å²) in [5, 5.41) is 18.2. The molecule has 0 aliphatic carbocycles. The molecule has 0 unspecified atom stereocenters. The van der Waals surface area contributed by atoms with Crippen LogP contribution >= 0.6 is 0 Å². The zero-order valence-corrected chi connectivity index (χ0v) is 9.35. The third-order valence-corrected chi connectivity index (χ3v) is 2.27. The second kappa shape index (κ2) is 5.00. The summed E-state index contributed by atoms with van der Waals surface area (Å²) in [4.78, 5) is 11.4. The molecule has 2 N–H and O–H groups in total. The molecule has 0 saturated heterocycles. The van der Waals surface area contributed by atoms with E-state index in [1.807, 2.05) is 0 Å². The molecule has 5 nitrogen and oxygen atoms in total. The molecule has 16 heavy (non-hydrogen) atoms. The van der Waals surface area contributed by atoms with Gasteiger partial charge in [0, 0.05) is 0 Å². The van der Waals surface area contributed by atoms with Gasteiger partial charge in [0.05, 0.1) is 14.2 Å². The van der Waals surface area contributed by atoms with Gasteiger partial charge in [-0.15, -0.1) is 0 Å². The van der Waals surface area contributed by atoms with Crippen LogP contribution in [0.2, 0.25) is 0 Å². The molecule has 1 aromatic rings.